The molecule has 188 valence electrons. The van der Waals surface area contributed by atoms with Gasteiger partial charge >= 0.3 is 0 Å². The van der Waals surface area contributed by atoms with Gasteiger partial charge in [-0.25, -0.2) is 0 Å². The fourth-order valence-electron chi connectivity index (χ4n) is 5.21. The average molecular weight is 499 g/mol. The predicted octanol–water partition coefficient (Wildman–Crippen LogP) is 5.19. The predicted molar refractivity (Wildman–Crippen MR) is 137 cm³/mol. The number of amides is 2. The number of carbonyl (C=O) groups excluding carboxylic acids is 2. The molecular formula is C28H35ClN2O4. The van der Waals surface area contributed by atoms with E-state index in [0.717, 1.165) is 44.3 Å². The van der Waals surface area contributed by atoms with Crippen LogP contribution in [0.5, 0.6) is 5.75 Å². The number of likely N-dealkylation sites (tertiary alicyclic amines) is 2. The quantitative estimate of drug-likeness (QED) is 0.502. The number of ether oxygens (including phenoxy) is 2. The van der Waals surface area contributed by atoms with Crippen molar-refractivity contribution < 1.29 is 19.1 Å². The van der Waals surface area contributed by atoms with Crippen molar-refractivity contribution in [3.05, 3.63) is 64.7 Å². The highest BCUT2D eigenvalue weighted by molar-refractivity contribution is 6.30. The Kier molecular flexibility index (Phi) is 8.69. The molecule has 0 spiro atoms. The van der Waals surface area contributed by atoms with Crippen LogP contribution in [0.2, 0.25) is 5.02 Å². The first kappa shape index (κ1) is 25.5. The molecule has 4 rings (SSSR count). The number of nitrogens with zero attached hydrogens (tertiary/aromatic N) is 2. The van der Waals surface area contributed by atoms with Crippen molar-refractivity contribution in [2.45, 2.75) is 45.1 Å². The molecular weight excluding hydrogens is 464 g/mol. The number of carbonyl (C=O) groups is 2. The molecule has 2 saturated heterocycles. The van der Waals surface area contributed by atoms with E-state index < -0.39 is 5.41 Å². The summed E-state index contributed by atoms with van der Waals surface area (Å²) >= 11 is 6.15. The van der Waals surface area contributed by atoms with Crippen molar-refractivity contribution in [3.8, 4) is 5.75 Å². The Bertz CT molecular complexity index is 1020. The maximum atomic E-state index is 13.5. The molecule has 2 aliphatic rings. The number of halogens is 1. The first-order valence-corrected chi connectivity index (χ1v) is 12.9. The van der Waals surface area contributed by atoms with E-state index in [-0.39, 0.29) is 11.8 Å². The Hall–Kier alpha value is -2.57. The summed E-state index contributed by atoms with van der Waals surface area (Å²) < 4.78 is 11.4. The summed E-state index contributed by atoms with van der Waals surface area (Å²) in [5, 5.41) is 0.609. The van der Waals surface area contributed by atoms with E-state index in [1.807, 2.05) is 52.3 Å². The van der Waals surface area contributed by atoms with Crippen molar-refractivity contribution in [2.75, 3.05) is 39.9 Å². The molecule has 2 aromatic rings. The van der Waals surface area contributed by atoms with E-state index in [4.69, 9.17) is 21.1 Å². The fourth-order valence-corrected chi connectivity index (χ4v) is 5.39. The van der Waals surface area contributed by atoms with Crippen molar-refractivity contribution in [1.29, 1.82) is 0 Å². The summed E-state index contributed by atoms with van der Waals surface area (Å²) in [4.78, 5) is 30.7. The van der Waals surface area contributed by atoms with Crippen molar-refractivity contribution >= 4 is 23.4 Å². The second kappa shape index (κ2) is 11.9. The molecule has 0 bridgehead atoms. The minimum Gasteiger partial charge on any atom is -0.493 e. The Morgan fingerprint density at radius 1 is 0.971 bits per heavy atom. The Morgan fingerprint density at radius 2 is 1.74 bits per heavy atom. The molecule has 0 unspecified atom stereocenters. The first-order valence-electron chi connectivity index (χ1n) is 12.5. The van der Waals surface area contributed by atoms with Crippen LogP contribution in [0, 0.1) is 5.41 Å². The molecule has 0 N–H and O–H groups in total. The monoisotopic (exact) mass is 498 g/mol. The molecule has 0 aromatic heterocycles. The standard InChI is InChI=1S/C28H35ClN2O4/c1-34-19-22-8-5-9-23(16-22)27(33)31-15-7-12-28(20-31,18-26(32)30-13-3-2-4-14-30)21-35-25-11-6-10-24(29)17-25/h5-6,8-11,16-17H,2-4,7,12-15,18-21H2,1H3/t28-/m0/s1. The van der Waals surface area contributed by atoms with Crippen molar-refractivity contribution in [2.24, 2.45) is 5.41 Å². The zero-order valence-electron chi connectivity index (χ0n) is 20.5. The van der Waals surface area contributed by atoms with Crippen LogP contribution in [0.15, 0.2) is 48.5 Å². The normalized spacial score (nSPS) is 20.5. The topological polar surface area (TPSA) is 59.1 Å². The third-order valence-electron chi connectivity index (χ3n) is 7.01. The van der Waals surface area contributed by atoms with Crippen LogP contribution >= 0.6 is 11.6 Å². The molecule has 0 saturated carbocycles. The van der Waals surface area contributed by atoms with E-state index in [2.05, 4.69) is 0 Å². The van der Waals surface area contributed by atoms with Gasteiger partial charge in [-0.3, -0.25) is 9.59 Å². The second-order valence-electron chi connectivity index (χ2n) is 9.83. The minimum absolute atomic E-state index is 0.0137. The molecule has 7 heteroatoms. The lowest BCUT2D eigenvalue weighted by molar-refractivity contribution is -0.136. The molecule has 2 heterocycles. The van der Waals surface area contributed by atoms with Crippen LogP contribution in [0.4, 0.5) is 0 Å². The van der Waals surface area contributed by atoms with Gasteiger partial charge in [-0.15, -0.1) is 0 Å². The van der Waals surface area contributed by atoms with Crippen LogP contribution < -0.4 is 4.74 Å². The zero-order chi connectivity index (χ0) is 24.7. The number of rotatable bonds is 8. The average Bonchev–Trinajstić information content (AvgIpc) is 2.88. The molecule has 2 aromatic carbocycles. The van der Waals surface area contributed by atoms with Crippen molar-refractivity contribution in [1.82, 2.24) is 9.80 Å². The SMILES string of the molecule is COCc1cccc(C(=O)N2CCC[C@](COc3cccc(Cl)c3)(CC(=O)N3CCCCC3)C2)c1. The van der Waals surface area contributed by atoms with Gasteiger partial charge in [0.05, 0.1) is 13.2 Å². The smallest absolute Gasteiger partial charge is 0.253 e. The first-order chi connectivity index (χ1) is 17.0. The third kappa shape index (κ3) is 6.77. The number of hydrogen-bond acceptors (Lipinski definition) is 4. The van der Waals surface area contributed by atoms with Crippen LogP contribution in [0.3, 0.4) is 0 Å². The van der Waals surface area contributed by atoms with E-state index >= 15 is 0 Å². The van der Waals surface area contributed by atoms with E-state index in [9.17, 15) is 9.59 Å². The van der Waals surface area contributed by atoms with Crippen LogP contribution in [0.1, 0.15) is 54.4 Å². The molecule has 1 atom stereocenters. The molecule has 2 aliphatic heterocycles. The highest BCUT2D eigenvalue weighted by Crippen LogP contribution is 2.36. The summed E-state index contributed by atoms with van der Waals surface area (Å²) in [6.45, 7) is 3.62. The van der Waals surface area contributed by atoms with Crippen LogP contribution in [0.25, 0.3) is 0 Å². The second-order valence-corrected chi connectivity index (χ2v) is 10.3. The van der Waals surface area contributed by atoms with Crippen molar-refractivity contribution in [3.63, 3.8) is 0 Å². The lowest BCUT2D eigenvalue weighted by atomic mass is 9.77. The van der Waals surface area contributed by atoms with Gasteiger partial charge in [0.1, 0.15) is 5.75 Å². The van der Waals surface area contributed by atoms with E-state index in [1.165, 1.54) is 6.42 Å². The maximum Gasteiger partial charge on any atom is 0.253 e. The number of benzene rings is 2. The van der Waals surface area contributed by atoms with Gasteiger partial charge in [0.25, 0.3) is 5.91 Å². The molecule has 0 radical (unpaired) electrons. The number of hydrogen-bond donors (Lipinski definition) is 0. The molecule has 6 nitrogen and oxygen atoms in total. The fraction of sp³-hybridized carbons (Fsp3) is 0.500. The van der Waals surface area contributed by atoms with Gasteiger partial charge in [0, 0.05) is 55.7 Å². The van der Waals surface area contributed by atoms with Crippen LogP contribution in [-0.4, -0.2) is 61.5 Å². The Balaban J connectivity index is 1.53. The molecule has 35 heavy (non-hydrogen) atoms. The van der Waals surface area contributed by atoms with Gasteiger partial charge in [-0.05, 0) is 68.0 Å². The molecule has 2 fully saturated rings. The van der Waals surface area contributed by atoms with E-state index in [1.54, 1.807) is 13.2 Å². The molecule has 2 amide bonds. The summed E-state index contributed by atoms with van der Waals surface area (Å²) in [6.07, 6.45) is 5.33. The lowest BCUT2D eigenvalue weighted by Gasteiger charge is -2.43. The van der Waals surface area contributed by atoms with Gasteiger partial charge in [0.2, 0.25) is 5.91 Å². The summed E-state index contributed by atoms with van der Waals surface area (Å²) in [7, 11) is 1.65. The summed E-state index contributed by atoms with van der Waals surface area (Å²) in [5.74, 6) is 0.828. The summed E-state index contributed by atoms with van der Waals surface area (Å²) in [6, 6.07) is 14.9. The number of methoxy groups -OCH3 is 1. The lowest BCUT2D eigenvalue weighted by Crippen LogP contribution is -2.51. The Labute approximate surface area is 213 Å². The van der Waals surface area contributed by atoms with Gasteiger partial charge < -0.3 is 19.3 Å². The maximum absolute atomic E-state index is 13.5. The zero-order valence-corrected chi connectivity index (χ0v) is 21.3. The highest BCUT2D eigenvalue weighted by Gasteiger charge is 2.41. The largest absolute Gasteiger partial charge is 0.493 e. The highest BCUT2D eigenvalue weighted by atomic mass is 35.5. The van der Waals surface area contributed by atoms with Gasteiger partial charge in [-0.1, -0.05) is 29.8 Å². The third-order valence-corrected chi connectivity index (χ3v) is 7.24. The van der Waals surface area contributed by atoms with Gasteiger partial charge in [0.15, 0.2) is 0 Å². The minimum atomic E-state index is -0.450. The van der Waals surface area contributed by atoms with Crippen LogP contribution in [-0.2, 0) is 16.1 Å². The molecule has 0 aliphatic carbocycles. The number of piperidine rings is 2. The van der Waals surface area contributed by atoms with Gasteiger partial charge in [-0.2, -0.15) is 0 Å². The Morgan fingerprint density at radius 3 is 2.51 bits per heavy atom. The summed E-state index contributed by atoms with van der Waals surface area (Å²) in [5.41, 5.74) is 1.16. The van der Waals surface area contributed by atoms with E-state index in [0.29, 0.717) is 49.1 Å².